The van der Waals surface area contributed by atoms with E-state index in [0.717, 1.165) is 12.0 Å². The fraction of sp³-hybridized carbons (Fsp3) is 0.350. The second kappa shape index (κ2) is 8.39. The lowest BCUT2D eigenvalue weighted by molar-refractivity contribution is -0.128. The van der Waals surface area contributed by atoms with Gasteiger partial charge in [0.2, 0.25) is 0 Å². The van der Waals surface area contributed by atoms with Crippen LogP contribution in [0.2, 0.25) is 0 Å². The molecule has 1 N–H and O–H groups in total. The van der Waals surface area contributed by atoms with Gasteiger partial charge in [-0.05, 0) is 38.0 Å². The summed E-state index contributed by atoms with van der Waals surface area (Å²) < 4.78 is 11.0. The molecular formula is C20H25NO3. The Morgan fingerprint density at radius 2 is 1.71 bits per heavy atom. The third-order valence-corrected chi connectivity index (χ3v) is 3.95. The summed E-state index contributed by atoms with van der Waals surface area (Å²) in [5.41, 5.74) is 2.30. The maximum atomic E-state index is 12.5. The fourth-order valence-electron chi connectivity index (χ4n) is 2.47. The van der Waals surface area contributed by atoms with Crippen LogP contribution in [0.25, 0.3) is 0 Å². The van der Waals surface area contributed by atoms with Crippen LogP contribution in [-0.2, 0) is 4.79 Å². The van der Waals surface area contributed by atoms with Gasteiger partial charge in [-0.15, -0.1) is 0 Å². The molecular weight excluding hydrogens is 302 g/mol. The summed E-state index contributed by atoms with van der Waals surface area (Å²) >= 11 is 0. The van der Waals surface area contributed by atoms with E-state index in [9.17, 15) is 4.79 Å². The number of carbonyl (C=O) groups is 1. The van der Waals surface area contributed by atoms with Crippen LogP contribution in [0.4, 0.5) is 0 Å². The van der Waals surface area contributed by atoms with E-state index in [1.807, 2.05) is 19.1 Å². The Kier molecular flexibility index (Phi) is 6.24. The summed E-state index contributed by atoms with van der Waals surface area (Å²) in [6.07, 6.45) is 0.205. The number of methoxy groups -OCH3 is 1. The van der Waals surface area contributed by atoms with Crippen molar-refractivity contribution in [3.63, 3.8) is 0 Å². The molecule has 2 aromatic rings. The van der Waals surface area contributed by atoms with E-state index < -0.39 is 6.10 Å². The molecule has 0 spiro atoms. The number of aryl methyl sites for hydroxylation is 1. The van der Waals surface area contributed by atoms with Gasteiger partial charge in [-0.1, -0.05) is 48.9 Å². The maximum Gasteiger partial charge on any atom is 0.261 e. The molecule has 0 fully saturated rings. The molecule has 0 unspecified atom stereocenters. The Labute approximate surface area is 143 Å². The standard InChI is InChI=1S/C20H25NO3/c1-5-17(16-12-10-14(2)11-13-16)21-20(22)15(3)24-19-9-7-6-8-18(19)23-4/h6-13,15,17H,5H2,1-4H3,(H,21,22)/t15-,17+/m1/s1. The second-order valence-electron chi connectivity index (χ2n) is 5.79. The molecule has 0 saturated heterocycles. The lowest BCUT2D eigenvalue weighted by Crippen LogP contribution is -2.38. The van der Waals surface area contributed by atoms with Gasteiger partial charge in [0.15, 0.2) is 17.6 Å². The molecule has 0 heterocycles. The van der Waals surface area contributed by atoms with Gasteiger partial charge in [-0.25, -0.2) is 0 Å². The molecule has 24 heavy (non-hydrogen) atoms. The number of carbonyl (C=O) groups excluding carboxylic acids is 1. The molecule has 0 radical (unpaired) electrons. The summed E-state index contributed by atoms with van der Waals surface area (Å²) in [7, 11) is 1.58. The molecule has 0 aromatic heterocycles. The Bertz CT molecular complexity index is 667. The van der Waals surface area contributed by atoms with Gasteiger partial charge >= 0.3 is 0 Å². The van der Waals surface area contributed by atoms with Crippen molar-refractivity contribution in [1.29, 1.82) is 0 Å². The van der Waals surface area contributed by atoms with Crippen LogP contribution < -0.4 is 14.8 Å². The predicted octanol–water partition coefficient (Wildman–Crippen LogP) is 4.04. The van der Waals surface area contributed by atoms with Crippen molar-refractivity contribution in [3.8, 4) is 11.5 Å². The van der Waals surface area contributed by atoms with Crippen LogP contribution in [0.5, 0.6) is 11.5 Å². The van der Waals surface area contributed by atoms with Crippen LogP contribution in [0.1, 0.15) is 37.4 Å². The number of hydrogen-bond acceptors (Lipinski definition) is 3. The quantitative estimate of drug-likeness (QED) is 0.835. The monoisotopic (exact) mass is 327 g/mol. The topological polar surface area (TPSA) is 47.6 Å². The third-order valence-electron chi connectivity index (χ3n) is 3.95. The molecule has 2 rings (SSSR count). The Morgan fingerprint density at radius 1 is 1.08 bits per heavy atom. The highest BCUT2D eigenvalue weighted by Gasteiger charge is 2.20. The van der Waals surface area contributed by atoms with Crippen LogP contribution in [0.15, 0.2) is 48.5 Å². The lowest BCUT2D eigenvalue weighted by atomic mass is 10.0. The van der Waals surface area contributed by atoms with E-state index in [0.29, 0.717) is 11.5 Å². The van der Waals surface area contributed by atoms with E-state index in [2.05, 4.69) is 36.5 Å². The minimum Gasteiger partial charge on any atom is -0.493 e. The minimum atomic E-state index is -0.610. The van der Waals surface area contributed by atoms with Crippen molar-refractivity contribution in [1.82, 2.24) is 5.32 Å². The van der Waals surface area contributed by atoms with E-state index in [1.165, 1.54) is 5.56 Å². The van der Waals surface area contributed by atoms with Gasteiger partial charge in [-0.3, -0.25) is 4.79 Å². The molecule has 0 saturated carbocycles. The highest BCUT2D eigenvalue weighted by atomic mass is 16.5. The zero-order valence-corrected chi connectivity index (χ0v) is 14.7. The number of hydrogen-bond donors (Lipinski definition) is 1. The molecule has 1 amide bonds. The summed E-state index contributed by atoms with van der Waals surface area (Å²) in [5, 5.41) is 3.06. The SMILES string of the molecule is CC[C@H](NC(=O)[C@@H](C)Oc1ccccc1OC)c1ccc(C)cc1. The summed E-state index contributed by atoms with van der Waals surface area (Å²) in [6, 6.07) is 15.5. The molecule has 2 atom stereocenters. The van der Waals surface area contributed by atoms with Gasteiger partial charge in [0, 0.05) is 0 Å². The largest absolute Gasteiger partial charge is 0.493 e. The number of nitrogens with one attached hydrogen (secondary N) is 1. The average molecular weight is 327 g/mol. The van der Waals surface area contributed by atoms with E-state index in [1.54, 1.807) is 26.2 Å². The third kappa shape index (κ3) is 4.51. The molecule has 0 aliphatic rings. The highest BCUT2D eigenvalue weighted by Crippen LogP contribution is 2.27. The number of amides is 1. The number of rotatable bonds is 7. The Morgan fingerprint density at radius 3 is 2.29 bits per heavy atom. The molecule has 0 aliphatic carbocycles. The van der Waals surface area contributed by atoms with Crippen LogP contribution in [-0.4, -0.2) is 19.1 Å². The lowest BCUT2D eigenvalue weighted by Gasteiger charge is -2.21. The van der Waals surface area contributed by atoms with E-state index in [-0.39, 0.29) is 11.9 Å². The van der Waals surface area contributed by atoms with Crippen LogP contribution >= 0.6 is 0 Å². The molecule has 4 heteroatoms. The van der Waals surface area contributed by atoms with Crippen molar-refractivity contribution in [2.75, 3.05) is 7.11 Å². The van der Waals surface area contributed by atoms with E-state index in [4.69, 9.17) is 9.47 Å². The Hall–Kier alpha value is -2.49. The van der Waals surface area contributed by atoms with Gasteiger partial charge in [0.05, 0.1) is 13.2 Å². The van der Waals surface area contributed by atoms with Crippen LogP contribution in [0.3, 0.4) is 0 Å². The molecule has 0 bridgehead atoms. The molecule has 2 aromatic carbocycles. The summed E-state index contributed by atoms with van der Waals surface area (Å²) in [4.78, 5) is 12.5. The number of para-hydroxylation sites is 2. The molecule has 4 nitrogen and oxygen atoms in total. The summed E-state index contributed by atoms with van der Waals surface area (Å²) in [5.74, 6) is 1.03. The van der Waals surface area contributed by atoms with Gasteiger partial charge in [0.1, 0.15) is 0 Å². The van der Waals surface area contributed by atoms with Crippen molar-refractivity contribution in [2.24, 2.45) is 0 Å². The van der Waals surface area contributed by atoms with Gasteiger partial charge in [0.25, 0.3) is 5.91 Å². The fourth-order valence-corrected chi connectivity index (χ4v) is 2.47. The first kappa shape index (κ1) is 17.9. The first-order chi connectivity index (χ1) is 11.5. The first-order valence-electron chi connectivity index (χ1n) is 8.21. The van der Waals surface area contributed by atoms with Crippen molar-refractivity contribution in [3.05, 3.63) is 59.7 Å². The first-order valence-corrected chi connectivity index (χ1v) is 8.21. The van der Waals surface area contributed by atoms with Crippen LogP contribution in [0, 0.1) is 6.92 Å². The predicted molar refractivity (Wildman–Crippen MR) is 95.4 cm³/mol. The molecule has 0 aliphatic heterocycles. The smallest absolute Gasteiger partial charge is 0.261 e. The second-order valence-corrected chi connectivity index (χ2v) is 5.79. The van der Waals surface area contributed by atoms with E-state index >= 15 is 0 Å². The van der Waals surface area contributed by atoms with Gasteiger partial charge < -0.3 is 14.8 Å². The maximum absolute atomic E-state index is 12.5. The van der Waals surface area contributed by atoms with Gasteiger partial charge in [-0.2, -0.15) is 0 Å². The number of ether oxygens (including phenoxy) is 2. The highest BCUT2D eigenvalue weighted by molar-refractivity contribution is 5.81. The normalized spacial score (nSPS) is 13.0. The number of benzene rings is 2. The minimum absolute atomic E-state index is 0.0261. The summed E-state index contributed by atoms with van der Waals surface area (Å²) in [6.45, 7) is 5.84. The zero-order chi connectivity index (χ0) is 17.5. The molecule has 128 valence electrons. The Balaban J connectivity index is 2.03. The average Bonchev–Trinajstić information content (AvgIpc) is 2.60. The van der Waals surface area contributed by atoms with Crippen molar-refractivity contribution >= 4 is 5.91 Å². The van der Waals surface area contributed by atoms with Crippen molar-refractivity contribution < 1.29 is 14.3 Å². The zero-order valence-electron chi connectivity index (χ0n) is 14.7. The van der Waals surface area contributed by atoms with Crippen molar-refractivity contribution in [2.45, 2.75) is 39.3 Å².